The molecule has 0 bridgehead atoms. The van der Waals surface area contributed by atoms with E-state index in [1.807, 2.05) is 78.9 Å². The standard InChI is InChI=1S/C31H28O3S/c32-30-28(33-22-21-29(30)35-27-19-11-4-12-20-27)23-34-31(24-13-5-1-6-14-24,25-15-7-2-8-16-25)26-17-9-3-10-18-26/h1-22,28-30,32H,23H2/t28-,29+,30+/m1/s1. The van der Waals surface area contributed by atoms with Crippen LogP contribution in [0.25, 0.3) is 0 Å². The number of benzene rings is 4. The van der Waals surface area contributed by atoms with E-state index in [0.717, 1.165) is 21.6 Å². The highest BCUT2D eigenvalue weighted by molar-refractivity contribution is 8.00. The first-order valence-corrected chi connectivity index (χ1v) is 12.7. The molecule has 176 valence electrons. The van der Waals surface area contributed by atoms with E-state index in [1.165, 1.54) is 0 Å². The van der Waals surface area contributed by atoms with Gasteiger partial charge in [-0.05, 0) is 34.9 Å². The maximum Gasteiger partial charge on any atom is 0.148 e. The fourth-order valence-corrected chi connectivity index (χ4v) is 5.59. The molecule has 35 heavy (non-hydrogen) atoms. The second kappa shape index (κ2) is 11.0. The van der Waals surface area contributed by atoms with Crippen molar-refractivity contribution in [1.82, 2.24) is 0 Å². The van der Waals surface area contributed by atoms with Crippen LogP contribution in [0.3, 0.4) is 0 Å². The molecule has 3 atom stereocenters. The minimum absolute atomic E-state index is 0.126. The first-order valence-electron chi connectivity index (χ1n) is 11.8. The first-order chi connectivity index (χ1) is 17.3. The molecule has 0 saturated heterocycles. The number of hydrogen-bond acceptors (Lipinski definition) is 4. The summed E-state index contributed by atoms with van der Waals surface area (Å²) < 4.78 is 12.8. The normalized spacial score (nSPS) is 19.7. The van der Waals surface area contributed by atoms with Gasteiger partial charge in [-0.2, -0.15) is 0 Å². The monoisotopic (exact) mass is 480 g/mol. The molecule has 5 rings (SSSR count). The molecule has 4 heteroatoms. The lowest BCUT2D eigenvalue weighted by atomic mass is 9.80. The zero-order chi connectivity index (χ0) is 23.9. The highest BCUT2D eigenvalue weighted by atomic mass is 32.2. The molecule has 0 amide bonds. The summed E-state index contributed by atoms with van der Waals surface area (Å²) in [6.45, 7) is 0.218. The predicted molar refractivity (Wildman–Crippen MR) is 141 cm³/mol. The third-order valence-electron chi connectivity index (χ3n) is 6.26. The van der Waals surface area contributed by atoms with Gasteiger partial charge in [0.05, 0.1) is 18.1 Å². The van der Waals surface area contributed by atoms with Crippen molar-refractivity contribution in [3.63, 3.8) is 0 Å². The molecule has 0 saturated carbocycles. The minimum Gasteiger partial charge on any atom is -0.493 e. The largest absolute Gasteiger partial charge is 0.493 e. The van der Waals surface area contributed by atoms with Gasteiger partial charge in [-0.1, -0.05) is 109 Å². The Balaban J connectivity index is 1.47. The molecule has 0 fully saturated rings. The second-order valence-electron chi connectivity index (χ2n) is 8.48. The van der Waals surface area contributed by atoms with Gasteiger partial charge in [0.2, 0.25) is 0 Å². The Kier molecular flexibility index (Phi) is 7.34. The molecule has 0 aliphatic carbocycles. The Morgan fingerprint density at radius 1 is 0.686 bits per heavy atom. The van der Waals surface area contributed by atoms with Gasteiger partial charge < -0.3 is 14.6 Å². The van der Waals surface area contributed by atoms with Crippen LogP contribution in [0.5, 0.6) is 0 Å². The summed E-state index contributed by atoms with van der Waals surface area (Å²) >= 11 is 1.63. The van der Waals surface area contributed by atoms with Crippen LogP contribution in [0.15, 0.2) is 139 Å². The molecule has 3 nitrogen and oxygen atoms in total. The summed E-state index contributed by atoms with van der Waals surface area (Å²) in [5, 5.41) is 11.1. The zero-order valence-electron chi connectivity index (χ0n) is 19.3. The van der Waals surface area contributed by atoms with Crippen LogP contribution in [0.1, 0.15) is 16.7 Å². The quantitative estimate of drug-likeness (QED) is 0.295. The minimum atomic E-state index is -0.851. The van der Waals surface area contributed by atoms with Gasteiger partial charge in [-0.15, -0.1) is 11.8 Å². The van der Waals surface area contributed by atoms with Gasteiger partial charge >= 0.3 is 0 Å². The Hall–Kier alpha value is -3.31. The number of aliphatic hydroxyl groups excluding tert-OH is 1. The number of aliphatic hydroxyl groups is 1. The highest BCUT2D eigenvalue weighted by Gasteiger charge is 2.40. The summed E-state index contributed by atoms with van der Waals surface area (Å²) in [7, 11) is 0. The third kappa shape index (κ3) is 5.06. The van der Waals surface area contributed by atoms with Crippen molar-refractivity contribution >= 4 is 11.8 Å². The molecule has 4 aromatic carbocycles. The van der Waals surface area contributed by atoms with Crippen LogP contribution in [0.4, 0.5) is 0 Å². The maximum absolute atomic E-state index is 11.2. The Morgan fingerprint density at radius 3 is 1.63 bits per heavy atom. The topological polar surface area (TPSA) is 38.7 Å². The molecule has 4 aromatic rings. The van der Waals surface area contributed by atoms with E-state index in [4.69, 9.17) is 9.47 Å². The van der Waals surface area contributed by atoms with Crippen LogP contribution >= 0.6 is 11.8 Å². The predicted octanol–water partition coefficient (Wildman–Crippen LogP) is 6.43. The number of thioether (sulfide) groups is 1. The van der Waals surface area contributed by atoms with Crippen molar-refractivity contribution in [2.45, 2.75) is 28.0 Å². The van der Waals surface area contributed by atoms with Crippen molar-refractivity contribution in [2.75, 3.05) is 6.61 Å². The molecular weight excluding hydrogens is 452 g/mol. The third-order valence-corrected chi connectivity index (χ3v) is 7.51. The molecule has 0 aromatic heterocycles. The number of hydrogen-bond donors (Lipinski definition) is 1. The molecule has 0 spiro atoms. The fraction of sp³-hybridized carbons (Fsp3) is 0.161. The van der Waals surface area contributed by atoms with Gasteiger partial charge in [0.1, 0.15) is 17.8 Å². The summed E-state index contributed by atoms with van der Waals surface area (Å²) in [4.78, 5) is 1.11. The van der Waals surface area contributed by atoms with Crippen LogP contribution in [-0.2, 0) is 15.1 Å². The molecule has 0 unspecified atom stereocenters. The van der Waals surface area contributed by atoms with Crippen molar-refractivity contribution < 1.29 is 14.6 Å². The van der Waals surface area contributed by atoms with Gasteiger partial charge in [-0.25, -0.2) is 0 Å². The SMILES string of the molecule is O[C@@H]1[C@@H](Sc2ccccc2)C=CO[C@@H]1COC(c1ccccc1)(c1ccccc1)c1ccccc1. The van der Waals surface area contributed by atoms with Crippen LogP contribution in [0, 0.1) is 0 Å². The Bertz CT molecular complexity index is 1120. The second-order valence-corrected chi connectivity index (χ2v) is 9.73. The van der Waals surface area contributed by atoms with Crippen LogP contribution in [0.2, 0.25) is 0 Å². The number of ether oxygens (including phenoxy) is 2. The highest BCUT2D eigenvalue weighted by Crippen LogP contribution is 2.41. The van der Waals surface area contributed by atoms with E-state index in [9.17, 15) is 5.11 Å². The first kappa shape index (κ1) is 23.4. The summed E-state index contributed by atoms with van der Waals surface area (Å²) in [5.41, 5.74) is 2.21. The van der Waals surface area contributed by atoms with Crippen molar-refractivity contribution in [2.24, 2.45) is 0 Å². The van der Waals surface area contributed by atoms with Crippen LogP contribution < -0.4 is 0 Å². The van der Waals surface area contributed by atoms with Gasteiger partial charge in [0.15, 0.2) is 0 Å². The molecule has 0 radical (unpaired) electrons. The van der Waals surface area contributed by atoms with Gasteiger partial charge in [0, 0.05) is 4.90 Å². The van der Waals surface area contributed by atoms with Crippen molar-refractivity contribution in [3.05, 3.63) is 150 Å². The lowest BCUT2D eigenvalue weighted by Gasteiger charge is -2.38. The van der Waals surface area contributed by atoms with Crippen molar-refractivity contribution in [1.29, 1.82) is 0 Å². The summed E-state index contributed by atoms with van der Waals surface area (Å²) in [5.74, 6) is 0. The van der Waals surface area contributed by atoms with E-state index in [0.29, 0.717) is 0 Å². The summed E-state index contributed by atoms with van der Waals surface area (Å²) in [6, 6.07) is 40.8. The molecule has 1 aliphatic heterocycles. The van der Waals surface area contributed by atoms with Crippen LogP contribution in [-0.4, -0.2) is 29.2 Å². The molecular formula is C31H28O3S. The van der Waals surface area contributed by atoms with E-state index in [1.54, 1.807) is 18.0 Å². The smallest absolute Gasteiger partial charge is 0.148 e. The molecule has 1 N–H and O–H groups in total. The molecule has 1 heterocycles. The maximum atomic E-state index is 11.2. The number of rotatable bonds is 8. The fourth-order valence-electron chi connectivity index (χ4n) is 4.51. The van der Waals surface area contributed by atoms with E-state index < -0.39 is 17.8 Å². The van der Waals surface area contributed by atoms with E-state index in [2.05, 4.69) is 48.5 Å². The van der Waals surface area contributed by atoms with Gasteiger partial charge in [0.25, 0.3) is 0 Å². The summed E-state index contributed by atoms with van der Waals surface area (Å²) in [6.07, 6.45) is 2.38. The van der Waals surface area contributed by atoms with E-state index >= 15 is 0 Å². The Morgan fingerprint density at radius 2 is 1.14 bits per heavy atom. The lowest BCUT2D eigenvalue weighted by Crippen LogP contribution is -2.44. The zero-order valence-corrected chi connectivity index (χ0v) is 20.1. The van der Waals surface area contributed by atoms with E-state index in [-0.39, 0.29) is 11.9 Å². The van der Waals surface area contributed by atoms with Gasteiger partial charge in [-0.3, -0.25) is 0 Å². The lowest BCUT2D eigenvalue weighted by molar-refractivity contribution is -0.0858. The Labute approximate surface area is 211 Å². The average molecular weight is 481 g/mol. The van der Waals surface area contributed by atoms with Crippen molar-refractivity contribution in [3.8, 4) is 0 Å². The average Bonchev–Trinajstić information content (AvgIpc) is 2.93. The molecule has 1 aliphatic rings.